The molecule has 3 saturated carbocycles. The van der Waals surface area contributed by atoms with E-state index in [9.17, 15) is 9.90 Å². The van der Waals surface area contributed by atoms with E-state index in [-0.39, 0.29) is 17.9 Å². The Bertz CT molecular complexity index is 735. The third kappa shape index (κ3) is 2.87. The predicted molar refractivity (Wildman–Crippen MR) is 118 cm³/mol. The van der Waals surface area contributed by atoms with Gasteiger partial charge >= 0.3 is 7.12 Å². The van der Waals surface area contributed by atoms with Crippen LogP contribution in [-0.4, -0.2) is 36.3 Å². The molecule has 1 heterocycles. The van der Waals surface area contributed by atoms with Crippen LogP contribution in [0.25, 0.3) is 0 Å². The van der Waals surface area contributed by atoms with Crippen LogP contribution in [0.3, 0.4) is 0 Å². The highest BCUT2D eigenvalue weighted by atomic mass is 16.6. The van der Waals surface area contributed by atoms with E-state index in [4.69, 9.17) is 9.31 Å². The smallest absolute Gasteiger partial charge is 0.408 e. The first-order valence-corrected chi connectivity index (χ1v) is 12.6. The third-order valence-corrected chi connectivity index (χ3v) is 10.3. The van der Waals surface area contributed by atoms with Crippen molar-refractivity contribution in [3.8, 4) is 0 Å². The van der Waals surface area contributed by atoms with Crippen molar-refractivity contribution in [3.05, 3.63) is 11.6 Å². The molecule has 5 rings (SSSR count). The first kappa shape index (κ1) is 21.2. The van der Waals surface area contributed by atoms with Gasteiger partial charge in [-0.2, -0.15) is 0 Å². The molecule has 7 atom stereocenters. The summed E-state index contributed by atoms with van der Waals surface area (Å²) in [6.07, 6.45) is 13.1. The van der Waals surface area contributed by atoms with Gasteiger partial charge in [-0.3, -0.25) is 4.79 Å². The summed E-state index contributed by atoms with van der Waals surface area (Å²) in [7, 11) is -0.163. The van der Waals surface area contributed by atoms with Crippen molar-refractivity contribution in [3.63, 3.8) is 0 Å². The second-order valence-corrected chi connectivity index (χ2v) is 11.4. The van der Waals surface area contributed by atoms with Gasteiger partial charge in [0, 0.05) is 11.8 Å². The van der Waals surface area contributed by atoms with Crippen molar-refractivity contribution < 1.29 is 19.2 Å². The van der Waals surface area contributed by atoms with Crippen LogP contribution < -0.4 is 0 Å². The molecule has 1 aliphatic heterocycles. The van der Waals surface area contributed by atoms with Gasteiger partial charge in [0.2, 0.25) is 0 Å². The Hall–Kier alpha value is -0.645. The highest BCUT2D eigenvalue weighted by Crippen LogP contribution is 2.69. The summed E-state index contributed by atoms with van der Waals surface area (Å²) >= 11 is 0. The van der Waals surface area contributed by atoms with Crippen molar-refractivity contribution in [1.29, 1.82) is 0 Å². The number of aliphatic hydroxyl groups excluding tert-OH is 1. The fourth-order valence-electron chi connectivity index (χ4n) is 8.53. The van der Waals surface area contributed by atoms with Gasteiger partial charge < -0.3 is 14.4 Å². The third-order valence-electron chi connectivity index (χ3n) is 10.3. The van der Waals surface area contributed by atoms with Gasteiger partial charge in [0.05, 0.1) is 12.2 Å². The normalized spacial score (nSPS) is 48.2. The molecule has 4 aliphatic carbocycles. The number of unbranched alkanes of at least 4 members (excludes halogenated alkanes) is 1. The van der Waals surface area contributed by atoms with Crippen molar-refractivity contribution in [2.45, 2.75) is 103 Å². The fourth-order valence-corrected chi connectivity index (χ4v) is 8.53. The van der Waals surface area contributed by atoms with Crippen LogP contribution in [-0.2, 0) is 14.1 Å². The molecule has 0 radical (unpaired) electrons. The summed E-state index contributed by atoms with van der Waals surface area (Å²) in [6.45, 7) is 7.48. The number of carbonyl (C=O) groups is 1. The maximum Gasteiger partial charge on any atom is 0.457 e. The second-order valence-electron chi connectivity index (χ2n) is 11.4. The number of fused-ring (bicyclic) bond motifs is 6. The first-order valence-electron chi connectivity index (χ1n) is 12.6. The number of ketones is 1. The highest BCUT2D eigenvalue weighted by molar-refractivity contribution is 6.44. The van der Waals surface area contributed by atoms with Crippen LogP contribution in [0.15, 0.2) is 11.6 Å². The van der Waals surface area contributed by atoms with Crippen LogP contribution in [0.2, 0.25) is 6.32 Å². The predicted octanol–water partition coefficient (Wildman–Crippen LogP) is 4.95. The Morgan fingerprint density at radius 3 is 2.73 bits per heavy atom. The molecule has 0 bridgehead atoms. The number of hydrogen-bond donors (Lipinski definition) is 1. The van der Waals surface area contributed by atoms with E-state index in [1.807, 2.05) is 6.08 Å². The number of carbonyl (C=O) groups excluding carboxylic acids is 1. The first-order chi connectivity index (χ1) is 14.3. The summed E-state index contributed by atoms with van der Waals surface area (Å²) in [4.78, 5) is 12.1. The Morgan fingerprint density at radius 1 is 1.13 bits per heavy atom. The molecule has 5 heteroatoms. The molecule has 0 amide bonds. The van der Waals surface area contributed by atoms with E-state index in [0.717, 1.165) is 51.3 Å². The Morgan fingerprint density at radius 2 is 1.93 bits per heavy atom. The number of allylic oxidation sites excluding steroid dienone is 1. The molecule has 4 fully saturated rings. The number of rotatable bonds is 3. The molecule has 5 aliphatic rings. The average Bonchev–Trinajstić information content (AvgIpc) is 3.02. The van der Waals surface area contributed by atoms with E-state index < -0.39 is 11.7 Å². The lowest BCUT2D eigenvalue weighted by Crippen LogP contribution is -2.65. The van der Waals surface area contributed by atoms with E-state index >= 15 is 0 Å². The van der Waals surface area contributed by atoms with Crippen molar-refractivity contribution in [2.75, 3.05) is 6.61 Å². The lowest BCUT2D eigenvalue weighted by molar-refractivity contribution is -0.197. The average molecular weight is 414 g/mol. The van der Waals surface area contributed by atoms with E-state index in [0.29, 0.717) is 36.6 Å². The molecule has 166 valence electrons. The Balaban J connectivity index is 1.43. The summed E-state index contributed by atoms with van der Waals surface area (Å²) < 4.78 is 12.6. The van der Waals surface area contributed by atoms with Gasteiger partial charge in [0.25, 0.3) is 0 Å². The van der Waals surface area contributed by atoms with Gasteiger partial charge in [-0.15, -0.1) is 0 Å². The molecular weight excluding hydrogens is 375 g/mol. The molecular formula is C25H39BO4. The lowest BCUT2D eigenvalue weighted by Gasteiger charge is -2.61. The fraction of sp³-hybridized carbons (Fsp3) is 0.880. The monoisotopic (exact) mass is 414 g/mol. The van der Waals surface area contributed by atoms with E-state index in [1.165, 1.54) is 18.4 Å². The highest BCUT2D eigenvalue weighted by Gasteiger charge is 2.68. The van der Waals surface area contributed by atoms with Crippen molar-refractivity contribution in [1.82, 2.24) is 0 Å². The minimum atomic E-state index is -0.524. The SMILES string of the molecule is CCCCB1OC[C@H](O)[C@]2(CC[C@H]3[C@@H]4CCC5=CC(=O)CC[C@]5(C)[C@H]4CC[C@@]32C)O1. The van der Waals surface area contributed by atoms with Gasteiger partial charge in [0.15, 0.2) is 5.78 Å². The molecule has 1 saturated heterocycles. The van der Waals surface area contributed by atoms with Gasteiger partial charge in [-0.1, -0.05) is 39.2 Å². The van der Waals surface area contributed by atoms with Crippen LogP contribution >= 0.6 is 0 Å². The van der Waals surface area contributed by atoms with Gasteiger partial charge in [-0.05, 0) is 80.5 Å². The molecule has 0 unspecified atom stereocenters. The van der Waals surface area contributed by atoms with Crippen LogP contribution in [0, 0.1) is 28.6 Å². The molecule has 0 aromatic carbocycles. The summed E-state index contributed by atoms with van der Waals surface area (Å²) in [5.41, 5.74) is 1.20. The Labute approximate surface area is 182 Å². The molecule has 1 N–H and O–H groups in total. The minimum Gasteiger partial charge on any atom is -0.408 e. The summed E-state index contributed by atoms with van der Waals surface area (Å²) in [5.74, 6) is 2.29. The quantitative estimate of drug-likeness (QED) is 0.664. The number of aliphatic hydroxyl groups is 1. The van der Waals surface area contributed by atoms with Crippen LogP contribution in [0.1, 0.15) is 85.0 Å². The Kier molecular flexibility index (Phi) is 5.27. The largest absolute Gasteiger partial charge is 0.457 e. The van der Waals surface area contributed by atoms with E-state index in [2.05, 4.69) is 20.8 Å². The second kappa shape index (κ2) is 7.45. The molecule has 0 aromatic rings. The van der Waals surface area contributed by atoms with Crippen molar-refractivity contribution in [2.24, 2.45) is 28.6 Å². The molecule has 0 aromatic heterocycles. The maximum atomic E-state index is 12.1. The summed E-state index contributed by atoms with van der Waals surface area (Å²) in [6, 6.07) is 0. The minimum absolute atomic E-state index is 0.0177. The van der Waals surface area contributed by atoms with E-state index in [1.54, 1.807) is 0 Å². The molecule has 1 spiro atoms. The molecule has 30 heavy (non-hydrogen) atoms. The van der Waals surface area contributed by atoms with Gasteiger partial charge in [0.1, 0.15) is 6.10 Å². The molecule has 4 nitrogen and oxygen atoms in total. The van der Waals surface area contributed by atoms with Crippen LogP contribution in [0.5, 0.6) is 0 Å². The maximum absolute atomic E-state index is 12.1. The standard InChI is InChI=1S/C25H39BO4/c1-4-5-14-26-29-16-22(28)25(30-26)13-10-21-19-7-6-17-15-18(27)8-11-23(17,2)20(19)9-12-24(21,25)3/h15,19-22,28H,4-14,16H2,1-3H3/t19-,20+,21+,22+,23+,24+,25+/m1/s1. The van der Waals surface area contributed by atoms with Gasteiger partial charge in [-0.25, -0.2) is 0 Å². The lowest BCUT2D eigenvalue weighted by atomic mass is 9.46. The van der Waals surface area contributed by atoms with Crippen LogP contribution in [0.4, 0.5) is 0 Å². The zero-order valence-electron chi connectivity index (χ0n) is 19.1. The topological polar surface area (TPSA) is 55.8 Å². The van der Waals surface area contributed by atoms with Crippen molar-refractivity contribution >= 4 is 12.9 Å². The summed E-state index contributed by atoms with van der Waals surface area (Å²) in [5, 5.41) is 11.2. The zero-order valence-corrected chi connectivity index (χ0v) is 19.1. The number of hydrogen-bond acceptors (Lipinski definition) is 4. The zero-order chi connectivity index (χ0) is 21.1.